The van der Waals surface area contributed by atoms with Crippen LogP contribution in [-0.2, 0) is 16.5 Å². The van der Waals surface area contributed by atoms with Crippen LogP contribution < -0.4 is 0 Å². The van der Waals surface area contributed by atoms with E-state index in [0.29, 0.717) is 0 Å². The number of para-hydroxylation sites is 1. The molecule has 0 saturated carbocycles. The minimum Gasteiger partial charge on any atom is -0.254 e. The molecular formula is C15H16N2Ni. The zero-order valence-corrected chi connectivity index (χ0v) is 11.7. The third-order valence-electron chi connectivity index (χ3n) is 2.68. The number of rotatable bonds is 2. The Labute approximate surface area is 118 Å². The molecule has 96 valence electrons. The number of aryl methyl sites for hydroxylation is 3. The predicted octanol–water partition coefficient (Wildman–Crippen LogP) is 3.75. The molecule has 0 spiro atoms. The molecule has 2 aromatic rings. The van der Waals surface area contributed by atoms with Gasteiger partial charge in [0, 0.05) is 22.2 Å². The van der Waals surface area contributed by atoms with Gasteiger partial charge in [0.1, 0.15) is 0 Å². The van der Waals surface area contributed by atoms with Crippen LogP contribution in [0, 0.1) is 20.8 Å². The van der Waals surface area contributed by atoms with Crippen LogP contribution in [0.5, 0.6) is 0 Å². The van der Waals surface area contributed by atoms with Gasteiger partial charge in [-0.3, -0.25) is 9.98 Å². The van der Waals surface area contributed by atoms with E-state index in [1.54, 1.807) is 0 Å². The zero-order valence-electron chi connectivity index (χ0n) is 10.8. The van der Waals surface area contributed by atoms with Crippen LogP contribution >= 0.6 is 0 Å². The smallest absolute Gasteiger partial charge is 0.0815 e. The van der Waals surface area contributed by atoms with Gasteiger partial charge < -0.3 is 0 Å². The predicted molar refractivity (Wildman–Crippen MR) is 72.1 cm³/mol. The summed E-state index contributed by atoms with van der Waals surface area (Å²) in [5, 5.41) is 0. The third-order valence-corrected chi connectivity index (χ3v) is 2.68. The molecule has 2 nitrogen and oxygen atoms in total. The van der Waals surface area contributed by atoms with Gasteiger partial charge in [-0.1, -0.05) is 24.3 Å². The Morgan fingerprint density at radius 1 is 0.944 bits per heavy atom. The summed E-state index contributed by atoms with van der Waals surface area (Å²) in [6.07, 6.45) is 1.82. The second-order valence-corrected chi connectivity index (χ2v) is 4.20. The van der Waals surface area contributed by atoms with Gasteiger partial charge in [0.05, 0.1) is 17.6 Å². The molecule has 18 heavy (non-hydrogen) atoms. The van der Waals surface area contributed by atoms with E-state index in [4.69, 9.17) is 0 Å². The molecule has 0 bridgehead atoms. The quantitative estimate of drug-likeness (QED) is 0.608. The number of benzene rings is 1. The summed E-state index contributed by atoms with van der Waals surface area (Å²) in [6.45, 7) is 6.13. The number of aliphatic imine (C=N–C) groups is 1. The summed E-state index contributed by atoms with van der Waals surface area (Å²) < 4.78 is 0. The zero-order chi connectivity index (χ0) is 12.3. The molecule has 0 saturated heterocycles. The second kappa shape index (κ2) is 6.46. The fourth-order valence-electron chi connectivity index (χ4n) is 1.78. The molecule has 0 radical (unpaired) electrons. The minimum atomic E-state index is 0. The van der Waals surface area contributed by atoms with Crippen LogP contribution in [0.25, 0.3) is 0 Å². The van der Waals surface area contributed by atoms with Crippen molar-refractivity contribution in [3.63, 3.8) is 0 Å². The summed E-state index contributed by atoms with van der Waals surface area (Å²) in [6, 6.07) is 12.1. The van der Waals surface area contributed by atoms with E-state index in [-0.39, 0.29) is 16.5 Å². The van der Waals surface area contributed by atoms with E-state index >= 15 is 0 Å². The van der Waals surface area contributed by atoms with E-state index in [2.05, 4.69) is 42.0 Å². The van der Waals surface area contributed by atoms with Crippen LogP contribution in [0.4, 0.5) is 5.69 Å². The Hall–Kier alpha value is -1.47. The van der Waals surface area contributed by atoms with Crippen molar-refractivity contribution in [2.45, 2.75) is 20.8 Å². The summed E-state index contributed by atoms with van der Waals surface area (Å²) in [5.41, 5.74) is 5.32. The monoisotopic (exact) mass is 282 g/mol. The van der Waals surface area contributed by atoms with Crippen molar-refractivity contribution in [1.82, 2.24) is 4.98 Å². The fraction of sp³-hybridized carbons (Fsp3) is 0.200. The molecule has 0 aliphatic rings. The van der Waals surface area contributed by atoms with Gasteiger partial charge >= 0.3 is 0 Å². The van der Waals surface area contributed by atoms with Crippen molar-refractivity contribution < 1.29 is 16.5 Å². The summed E-state index contributed by atoms with van der Waals surface area (Å²) in [4.78, 5) is 8.93. The van der Waals surface area contributed by atoms with Crippen molar-refractivity contribution in [2.75, 3.05) is 0 Å². The van der Waals surface area contributed by atoms with Crippen molar-refractivity contribution in [3.8, 4) is 0 Å². The van der Waals surface area contributed by atoms with E-state index < -0.39 is 0 Å². The number of aromatic nitrogens is 1. The van der Waals surface area contributed by atoms with Gasteiger partial charge in [-0.15, -0.1) is 0 Å². The van der Waals surface area contributed by atoms with E-state index in [1.165, 1.54) is 11.1 Å². The maximum atomic E-state index is 4.53. The van der Waals surface area contributed by atoms with Crippen molar-refractivity contribution in [3.05, 3.63) is 58.9 Å². The first-order valence-corrected chi connectivity index (χ1v) is 5.71. The van der Waals surface area contributed by atoms with Gasteiger partial charge in [0.2, 0.25) is 0 Å². The second-order valence-electron chi connectivity index (χ2n) is 4.20. The maximum Gasteiger partial charge on any atom is 0.0815 e. The van der Waals surface area contributed by atoms with Gasteiger partial charge in [-0.2, -0.15) is 0 Å². The summed E-state index contributed by atoms with van der Waals surface area (Å²) in [7, 11) is 0. The topological polar surface area (TPSA) is 25.2 Å². The molecule has 3 heteroatoms. The van der Waals surface area contributed by atoms with Gasteiger partial charge in [0.15, 0.2) is 0 Å². The van der Waals surface area contributed by atoms with Crippen molar-refractivity contribution in [1.29, 1.82) is 0 Å². The van der Waals surface area contributed by atoms with Crippen molar-refractivity contribution in [2.24, 2.45) is 4.99 Å². The Morgan fingerprint density at radius 3 is 2.17 bits per heavy atom. The van der Waals surface area contributed by atoms with Crippen molar-refractivity contribution >= 4 is 11.9 Å². The van der Waals surface area contributed by atoms with Gasteiger partial charge in [-0.25, -0.2) is 0 Å². The molecule has 2 rings (SSSR count). The average Bonchev–Trinajstić information content (AvgIpc) is 2.28. The summed E-state index contributed by atoms with van der Waals surface area (Å²) >= 11 is 0. The van der Waals surface area contributed by atoms with Crippen LogP contribution in [0.3, 0.4) is 0 Å². The minimum absolute atomic E-state index is 0. The normalized spacial score (nSPS) is 10.4. The molecule has 0 atom stereocenters. The largest absolute Gasteiger partial charge is 0.254 e. The molecule has 0 fully saturated rings. The first-order valence-electron chi connectivity index (χ1n) is 5.71. The van der Waals surface area contributed by atoms with Crippen LogP contribution in [0.1, 0.15) is 22.5 Å². The standard InChI is InChI=1S/C15H16N2.Ni/c1-11-6-4-7-12(2)15(11)16-10-14-9-5-8-13(3)17-14;/h4-10H,1-3H3;. The first kappa shape index (κ1) is 14.6. The molecule has 1 heterocycles. The molecule has 0 amide bonds. The van der Waals surface area contributed by atoms with Crippen LogP contribution in [0.15, 0.2) is 41.4 Å². The van der Waals surface area contributed by atoms with E-state index in [0.717, 1.165) is 17.1 Å². The Morgan fingerprint density at radius 2 is 1.56 bits per heavy atom. The van der Waals surface area contributed by atoms with Gasteiger partial charge in [0.25, 0.3) is 0 Å². The number of hydrogen-bond acceptors (Lipinski definition) is 2. The summed E-state index contributed by atoms with van der Waals surface area (Å²) in [5.74, 6) is 0. The molecule has 1 aromatic heterocycles. The average molecular weight is 283 g/mol. The Balaban J connectivity index is 0.00000162. The molecule has 1 aromatic carbocycles. The van der Waals surface area contributed by atoms with E-state index in [1.807, 2.05) is 31.3 Å². The molecule has 0 aliphatic heterocycles. The van der Waals surface area contributed by atoms with E-state index in [9.17, 15) is 0 Å². The first-order chi connectivity index (χ1) is 8.16. The SMILES string of the molecule is Cc1cccc(C=Nc2c(C)cccc2C)n1.[Ni]. The number of hydrogen-bond donors (Lipinski definition) is 0. The molecular weight excluding hydrogens is 267 g/mol. The maximum absolute atomic E-state index is 4.53. The Kier molecular flexibility index (Phi) is 5.24. The third kappa shape index (κ3) is 3.51. The van der Waals surface area contributed by atoms with Crippen LogP contribution in [-0.4, -0.2) is 11.2 Å². The number of pyridine rings is 1. The molecule has 0 unspecified atom stereocenters. The number of nitrogens with zero attached hydrogens (tertiary/aromatic N) is 2. The fourth-order valence-corrected chi connectivity index (χ4v) is 1.78. The Bertz CT molecular complexity index is 542. The molecule has 0 N–H and O–H groups in total. The van der Waals surface area contributed by atoms with Crippen LogP contribution in [0.2, 0.25) is 0 Å². The molecule has 0 aliphatic carbocycles. The van der Waals surface area contributed by atoms with Gasteiger partial charge in [-0.05, 0) is 44.0 Å².